The molecule has 0 fully saturated rings. The SMILES string of the molecule is COC(=O)CC(CC(=O)OC)(c1ccc(OC)c(OC)c1)c1ccc(OC)c(OC)c1. The summed E-state index contributed by atoms with van der Waals surface area (Å²) < 4.78 is 31.5. The minimum atomic E-state index is -1.13. The molecule has 31 heavy (non-hydrogen) atoms. The maximum absolute atomic E-state index is 12.5. The van der Waals surface area contributed by atoms with Gasteiger partial charge in [-0.25, -0.2) is 0 Å². The van der Waals surface area contributed by atoms with E-state index in [-0.39, 0.29) is 12.8 Å². The Morgan fingerprint density at radius 2 is 0.968 bits per heavy atom. The standard InChI is InChI=1S/C23H28O8/c1-26-17-9-7-15(11-19(17)28-3)23(13-21(24)30-5,14-22(25)31-6)16-8-10-18(27-2)20(12-16)29-4/h7-12H,13-14H2,1-6H3. The number of ether oxygens (including phenoxy) is 6. The minimum absolute atomic E-state index is 0.121. The molecule has 168 valence electrons. The van der Waals surface area contributed by atoms with Crippen LogP contribution in [0.4, 0.5) is 0 Å². The molecule has 0 bridgehead atoms. The van der Waals surface area contributed by atoms with Gasteiger partial charge in [-0.3, -0.25) is 9.59 Å². The summed E-state index contributed by atoms with van der Waals surface area (Å²) in [6.45, 7) is 0. The van der Waals surface area contributed by atoms with Crippen LogP contribution in [0.5, 0.6) is 23.0 Å². The fraction of sp³-hybridized carbons (Fsp3) is 0.391. The van der Waals surface area contributed by atoms with Crippen LogP contribution in [0.1, 0.15) is 24.0 Å². The summed E-state index contributed by atoms with van der Waals surface area (Å²) in [6, 6.07) is 10.5. The normalized spacial score (nSPS) is 10.8. The Hall–Kier alpha value is -3.42. The first kappa shape index (κ1) is 23.9. The van der Waals surface area contributed by atoms with Crippen molar-refractivity contribution < 1.29 is 38.0 Å². The first-order chi connectivity index (χ1) is 14.9. The molecule has 0 heterocycles. The lowest BCUT2D eigenvalue weighted by molar-refractivity contribution is -0.144. The molecule has 0 N–H and O–H groups in total. The smallest absolute Gasteiger partial charge is 0.306 e. The van der Waals surface area contributed by atoms with E-state index in [1.807, 2.05) is 0 Å². The molecule has 8 heteroatoms. The quantitative estimate of drug-likeness (QED) is 0.529. The summed E-state index contributed by atoms with van der Waals surface area (Å²) in [7, 11) is 8.69. The summed E-state index contributed by atoms with van der Waals surface area (Å²) >= 11 is 0. The van der Waals surface area contributed by atoms with E-state index in [1.54, 1.807) is 36.4 Å². The molecule has 0 aliphatic carbocycles. The monoisotopic (exact) mass is 432 g/mol. The van der Waals surface area contributed by atoms with Crippen LogP contribution in [0.3, 0.4) is 0 Å². The average Bonchev–Trinajstić information content (AvgIpc) is 2.82. The number of methoxy groups -OCH3 is 6. The number of benzene rings is 2. The van der Waals surface area contributed by atoms with Gasteiger partial charge in [0.15, 0.2) is 23.0 Å². The van der Waals surface area contributed by atoms with Crippen LogP contribution >= 0.6 is 0 Å². The third-order valence-electron chi connectivity index (χ3n) is 5.22. The summed E-state index contributed by atoms with van der Waals surface area (Å²) in [6.07, 6.45) is -0.243. The van der Waals surface area contributed by atoms with Gasteiger partial charge in [0.05, 0.1) is 55.5 Å². The molecule has 0 unspecified atom stereocenters. The lowest BCUT2D eigenvalue weighted by Gasteiger charge is -2.34. The van der Waals surface area contributed by atoms with Crippen molar-refractivity contribution in [2.75, 3.05) is 42.7 Å². The van der Waals surface area contributed by atoms with Gasteiger partial charge < -0.3 is 28.4 Å². The Morgan fingerprint density at radius 3 is 1.26 bits per heavy atom. The predicted molar refractivity (Wildman–Crippen MR) is 113 cm³/mol. The van der Waals surface area contributed by atoms with Gasteiger partial charge in [-0.15, -0.1) is 0 Å². The second-order valence-corrected chi connectivity index (χ2v) is 6.73. The van der Waals surface area contributed by atoms with Gasteiger partial charge in [0.25, 0.3) is 0 Å². The lowest BCUT2D eigenvalue weighted by atomic mass is 9.69. The van der Waals surface area contributed by atoms with Crippen LogP contribution in [-0.4, -0.2) is 54.6 Å². The average molecular weight is 432 g/mol. The Labute approximate surface area is 182 Å². The molecule has 0 spiro atoms. The first-order valence-electron chi connectivity index (χ1n) is 9.47. The molecule has 0 aromatic heterocycles. The summed E-state index contributed by atoms with van der Waals surface area (Å²) in [4.78, 5) is 25.0. The molecular formula is C23H28O8. The zero-order valence-electron chi connectivity index (χ0n) is 18.6. The van der Waals surface area contributed by atoms with Crippen LogP contribution in [0.2, 0.25) is 0 Å². The van der Waals surface area contributed by atoms with Crippen LogP contribution in [0, 0.1) is 0 Å². The third kappa shape index (κ3) is 5.02. The van der Waals surface area contributed by atoms with E-state index in [2.05, 4.69) is 0 Å². The Morgan fingerprint density at radius 1 is 0.613 bits per heavy atom. The number of hydrogen-bond donors (Lipinski definition) is 0. The highest BCUT2D eigenvalue weighted by Gasteiger charge is 2.41. The van der Waals surface area contributed by atoms with Crippen LogP contribution in [0.25, 0.3) is 0 Å². The Kier molecular flexibility index (Phi) is 8.13. The van der Waals surface area contributed by atoms with Crippen molar-refractivity contribution >= 4 is 11.9 Å². The highest BCUT2D eigenvalue weighted by Crippen LogP contribution is 2.45. The van der Waals surface area contributed by atoms with E-state index >= 15 is 0 Å². The highest BCUT2D eigenvalue weighted by atomic mass is 16.5. The number of esters is 2. The second kappa shape index (κ2) is 10.6. The van der Waals surface area contributed by atoms with Crippen LogP contribution < -0.4 is 18.9 Å². The molecular weight excluding hydrogens is 404 g/mol. The van der Waals surface area contributed by atoms with E-state index in [0.717, 1.165) is 0 Å². The molecule has 0 aliphatic rings. The highest BCUT2D eigenvalue weighted by molar-refractivity contribution is 5.78. The number of carbonyl (C=O) groups is 2. The summed E-state index contributed by atoms with van der Waals surface area (Å²) in [5.41, 5.74) is 0.167. The zero-order chi connectivity index (χ0) is 23.0. The van der Waals surface area contributed by atoms with E-state index < -0.39 is 17.4 Å². The van der Waals surface area contributed by atoms with Crippen molar-refractivity contribution in [3.8, 4) is 23.0 Å². The third-order valence-corrected chi connectivity index (χ3v) is 5.22. The van der Waals surface area contributed by atoms with Crippen molar-refractivity contribution in [1.82, 2.24) is 0 Å². The van der Waals surface area contributed by atoms with Crippen molar-refractivity contribution in [3.05, 3.63) is 47.5 Å². The molecule has 2 rings (SSSR count). The molecule has 2 aromatic rings. The number of carbonyl (C=O) groups excluding carboxylic acids is 2. The van der Waals surface area contributed by atoms with Gasteiger partial charge in [-0.05, 0) is 35.4 Å². The largest absolute Gasteiger partial charge is 0.493 e. The first-order valence-corrected chi connectivity index (χ1v) is 9.47. The molecule has 0 radical (unpaired) electrons. The van der Waals surface area contributed by atoms with Gasteiger partial charge in [0.1, 0.15) is 0 Å². The van der Waals surface area contributed by atoms with Gasteiger partial charge in [0.2, 0.25) is 0 Å². The fourth-order valence-electron chi connectivity index (χ4n) is 3.54. The van der Waals surface area contributed by atoms with Crippen molar-refractivity contribution in [3.63, 3.8) is 0 Å². The van der Waals surface area contributed by atoms with Crippen LogP contribution in [-0.2, 0) is 24.5 Å². The Balaban J connectivity index is 2.84. The molecule has 2 aromatic carbocycles. The maximum Gasteiger partial charge on any atom is 0.306 e. The predicted octanol–water partition coefficient (Wildman–Crippen LogP) is 3.13. The molecule has 8 nitrogen and oxygen atoms in total. The lowest BCUT2D eigenvalue weighted by Crippen LogP contribution is -2.34. The van der Waals surface area contributed by atoms with E-state index in [0.29, 0.717) is 34.1 Å². The fourth-order valence-corrected chi connectivity index (χ4v) is 3.54. The second-order valence-electron chi connectivity index (χ2n) is 6.73. The molecule has 0 amide bonds. The molecule has 0 saturated heterocycles. The number of hydrogen-bond acceptors (Lipinski definition) is 8. The van der Waals surface area contributed by atoms with Crippen molar-refractivity contribution in [2.45, 2.75) is 18.3 Å². The minimum Gasteiger partial charge on any atom is -0.493 e. The van der Waals surface area contributed by atoms with Gasteiger partial charge in [-0.2, -0.15) is 0 Å². The van der Waals surface area contributed by atoms with Gasteiger partial charge >= 0.3 is 11.9 Å². The van der Waals surface area contributed by atoms with E-state index in [4.69, 9.17) is 28.4 Å². The molecule has 0 atom stereocenters. The van der Waals surface area contributed by atoms with Gasteiger partial charge in [0, 0.05) is 5.41 Å². The van der Waals surface area contributed by atoms with Crippen LogP contribution in [0.15, 0.2) is 36.4 Å². The topological polar surface area (TPSA) is 89.5 Å². The Bertz CT molecular complexity index is 846. The number of rotatable bonds is 10. The summed E-state index contributed by atoms with van der Waals surface area (Å²) in [5, 5.41) is 0. The van der Waals surface area contributed by atoms with Gasteiger partial charge in [-0.1, -0.05) is 12.1 Å². The van der Waals surface area contributed by atoms with Crippen molar-refractivity contribution in [2.24, 2.45) is 0 Å². The maximum atomic E-state index is 12.5. The summed E-state index contributed by atoms with van der Waals surface area (Å²) in [5.74, 6) is 0.966. The molecule has 0 aliphatic heterocycles. The zero-order valence-corrected chi connectivity index (χ0v) is 18.6. The van der Waals surface area contributed by atoms with Crippen molar-refractivity contribution in [1.29, 1.82) is 0 Å². The molecule has 0 saturated carbocycles. The van der Waals surface area contributed by atoms with E-state index in [9.17, 15) is 9.59 Å². The van der Waals surface area contributed by atoms with E-state index in [1.165, 1.54) is 42.7 Å².